The molecule has 1 saturated carbocycles. The molecule has 0 aromatic carbocycles. The first-order valence-electron chi connectivity index (χ1n) is 6.47. The van der Waals surface area contributed by atoms with E-state index in [0.717, 1.165) is 41.8 Å². The number of hydrogen-bond acceptors (Lipinski definition) is 3. The number of rotatable bonds is 2. The highest BCUT2D eigenvalue weighted by molar-refractivity contribution is 7.80. The van der Waals surface area contributed by atoms with Gasteiger partial charge in [0.15, 0.2) is 0 Å². The minimum atomic E-state index is -0.355. The van der Waals surface area contributed by atoms with Crippen molar-refractivity contribution in [3.8, 4) is 6.07 Å². The van der Waals surface area contributed by atoms with Gasteiger partial charge in [0.25, 0.3) is 0 Å². The fraction of sp³-hybridized carbons (Fsp3) is 0.400. The van der Waals surface area contributed by atoms with E-state index >= 15 is 0 Å². The zero-order chi connectivity index (χ0) is 13.7. The number of allylic oxidation sites excluding steroid dienone is 1. The van der Waals surface area contributed by atoms with E-state index in [2.05, 4.69) is 16.4 Å². The number of likely N-dealkylation sites (N-methyl/N-ethyl adjacent to an activating group) is 1. The molecule has 0 aliphatic heterocycles. The van der Waals surface area contributed by atoms with Crippen molar-refractivity contribution in [1.82, 2.24) is 10.3 Å². The highest BCUT2D eigenvalue weighted by Gasteiger charge is 2.41. The number of pyridine rings is 1. The van der Waals surface area contributed by atoms with E-state index in [1.165, 1.54) is 0 Å². The number of hydrogen-bond donors (Lipinski definition) is 1. The molecule has 0 bridgehead atoms. The van der Waals surface area contributed by atoms with E-state index in [0.29, 0.717) is 0 Å². The van der Waals surface area contributed by atoms with Gasteiger partial charge in [-0.3, -0.25) is 4.98 Å². The van der Waals surface area contributed by atoms with Crippen molar-refractivity contribution in [3.05, 3.63) is 41.7 Å². The van der Waals surface area contributed by atoms with Crippen LogP contribution in [0, 0.1) is 11.3 Å². The molecule has 4 heteroatoms. The van der Waals surface area contributed by atoms with Gasteiger partial charge in [-0.05, 0) is 36.5 Å². The Morgan fingerprint density at radius 3 is 3.05 bits per heavy atom. The molecule has 1 N–H and O–H groups in total. The van der Waals surface area contributed by atoms with Crippen molar-refractivity contribution in [1.29, 1.82) is 5.26 Å². The van der Waals surface area contributed by atoms with Gasteiger partial charge in [0.1, 0.15) is 0 Å². The van der Waals surface area contributed by atoms with Crippen LogP contribution in [-0.4, -0.2) is 17.0 Å². The van der Waals surface area contributed by atoms with E-state index in [9.17, 15) is 0 Å². The Hall–Kier alpha value is -1.73. The smallest absolute Gasteiger partial charge is 0.0912 e. The summed E-state index contributed by atoms with van der Waals surface area (Å²) >= 11 is 5.57. The Kier molecular flexibility index (Phi) is 4.28. The van der Waals surface area contributed by atoms with Crippen LogP contribution in [0.3, 0.4) is 0 Å². The zero-order valence-electron chi connectivity index (χ0n) is 11.0. The first-order valence-corrected chi connectivity index (χ1v) is 6.88. The van der Waals surface area contributed by atoms with Gasteiger partial charge in [-0.2, -0.15) is 5.26 Å². The third kappa shape index (κ3) is 2.39. The van der Waals surface area contributed by atoms with Gasteiger partial charge in [-0.1, -0.05) is 24.7 Å². The van der Waals surface area contributed by atoms with E-state index in [4.69, 9.17) is 17.5 Å². The van der Waals surface area contributed by atoms with Crippen LogP contribution in [0.4, 0.5) is 0 Å². The maximum absolute atomic E-state index is 9.05. The monoisotopic (exact) mass is 271 g/mol. The Balaban J connectivity index is 2.60. The Bertz CT molecular complexity index is 530. The van der Waals surface area contributed by atoms with Crippen molar-refractivity contribution in [3.63, 3.8) is 0 Å². The summed E-state index contributed by atoms with van der Waals surface area (Å²) in [5, 5.41) is 12.2. The third-order valence-electron chi connectivity index (χ3n) is 3.80. The maximum atomic E-state index is 9.05. The lowest BCUT2D eigenvalue weighted by atomic mass is 9.66. The molecular weight excluding hydrogens is 254 g/mol. The van der Waals surface area contributed by atoms with Crippen LogP contribution in [0.5, 0.6) is 0 Å². The minimum absolute atomic E-state index is 0.355. The lowest BCUT2D eigenvalue weighted by Gasteiger charge is -2.40. The normalized spacial score (nSPS) is 24.7. The molecule has 1 aromatic heterocycles. The van der Waals surface area contributed by atoms with E-state index in [-0.39, 0.29) is 5.41 Å². The second-order valence-corrected chi connectivity index (χ2v) is 5.14. The fourth-order valence-electron chi connectivity index (χ4n) is 2.90. The molecule has 0 radical (unpaired) electrons. The Morgan fingerprint density at radius 1 is 1.58 bits per heavy atom. The van der Waals surface area contributed by atoms with Crippen molar-refractivity contribution < 1.29 is 0 Å². The molecule has 3 nitrogen and oxygen atoms in total. The second-order valence-electron chi connectivity index (χ2n) is 4.73. The van der Waals surface area contributed by atoms with Gasteiger partial charge in [-0.25, -0.2) is 0 Å². The number of thiocarbonyl (C=S) groups is 1. The molecule has 2 rings (SSSR count). The van der Waals surface area contributed by atoms with Gasteiger partial charge in [-0.15, -0.1) is 0 Å². The van der Waals surface area contributed by atoms with Crippen LogP contribution in [0.2, 0.25) is 0 Å². The van der Waals surface area contributed by atoms with Crippen LogP contribution < -0.4 is 5.32 Å². The predicted octanol–water partition coefficient (Wildman–Crippen LogP) is 2.89. The van der Waals surface area contributed by atoms with Crippen molar-refractivity contribution in [2.24, 2.45) is 0 Å². The number of nitriles is 1. The van der Waals surface area contributed by atoms with Gasteiger partial charge in [0, 0.05) is 25.5 Å². The van der Waals surface area contributed by atoms with Gasteiger partial charge >= 0.3 is 0 Å². The summed E-state index contributed by atoms with van der Waals surface area (Å²) in [5.74, 6) is 0. The molecule has 0 saturated heterocycles. The zero-order valence-corrected chi connectivity index (χ0v) is 11.8. The van der Waals surface area contributed by atoms with Gasteiger partial charge < -0.3 is 5.32 Å². The first kappa shape index (κ1) is 13.7. The molecule has 19 heavy (non-hydrogen) atoms. The molecule has 1 heterocycles. The average molecular weight is 271 g/mol. The van der Waals surface area contributed by atoms with Crippen molar-refractivity contribution >= 4 is 17.2 Å². The Morgan fingerprint density at radius 2 is 2.42 bits per heavy atom. The lowest BCUT2D eigenvalue weighted by Crippen LogP contribution is -2.45. The maximum Gasteiger partial charge on any atom is 0.0912 e. The summed E-state index contributed by atoms with van der Waals surface area (Å²) in [4.78, 5) is 5.00. The largest absolute Gasteiger partial charge is 0.382 e. The molecule has 1 aromatic rings. The van der Waals surface area contributed by atoms with E-state index in [1.807, 2.05) is 25.4 Å². The number of nitrogens with one attached hydrogen (secondary N) is 1. The number of aromatic nitrogens is 1. The Labute approximate surface area is 119 Å². The summed E-state index contributed by atoms with van der Waals surface area (Å²) in [5.41, 5.74) is 1.83. The highest BCUT2D eigenvalue weighted by Crippen LogP contribution is 2.44. The quantitative estimate of drug-likeness (QED) is 0.664. The van der Waals surface area contributed by atoms with E-state index < -0.39 is 0 Å². The predicted molar refractivity (Wildman–Crippen MR) is 79.7 cm³/mol. The molecule has 1 fully saturated rings. The van der Waals surface area contributed by atoms with Crippen LogP contribution >= 0.6 is 12.2 Å². The standard InChI is InChI=1S/C15H17N3S/c1-17-14(19)15(13-6-4-10-18-11-13)8-3-2-5-12(15)7-9-16/h4,6-7,10-11H,2-3,5,8H2,1H3,(H,17,19)/b12-7+. The topological polar surface area (TPSA) is 48.7 Å². The van der Waals surface area contributed by atoms with Gasteiger partial charge in [0.05, 0.1) is 16.5 Å². The molecule has 1 aliphatic carbocycles. The summed E-state index contributed by atoms with van der Waals surface area (Å²) in [6.45, 7) is 0. The summed E-state index contributed by atoms with van der Waals surface area (Å²) in [6.07, 6.45) is 9.36. The number of nitrogens with zero attached hydrogens (tertiary/aromatic N) is 2. The summed E-state index contributed by atoms with van der Waals surface area (Å²) < 4.78 is 0. The molecule has 98 valence electrons. The van der Waals surface area contributed by atoms with Gasteiger partial charge in [0.2, 0.25) is 0 Å². The molecule has 1 aliphatic rings. The van der Waals surface area contributed by atoms with Crippen LogP contribution in [0.25, 0.3) is 0 Å². The molecular formula is C15H17N3S. The first-order chi connectivity index (χ1) is 9.25. The van der Waals surface area contributed by atoms with E-state index in [1.54, 1.807) is 12.3 Å². The molecule has 0 amide bonds. The lowest BCUT2D eigenvalue weighted by molar-refractivity contribution is 0.474. The minimum Gasteiger partial charge on any atom is -0.382 e. The SMILES string of the molecule is CNC(=S)C1(c2cccnc2)CCCC/C1=C\C#N. The van der Waals surface area contributed by atoms with Crippen LogP contribution in [-0.2, 0) is 5.41 Å². The fourth-order valence-corrected chi connectivity index (χ4v) is 3.25. The molecule has 1 atom stereocenters. The van der Waals surface area contributed by atoms with Crippen LogP contribution in [0.1, 0.15) is 31.2 Å². The second kappa shape index (κ2) is 5.94. The van der Waals surface area contributed by atoms with Crippen LogP contribution in [0.15, 0.2) is 36.2 Å². The molecule has 0 spiro atoms. The van der Waals surface area contributed by atoms with Crippen molar-refractivity contribution in [2.45, 2.75) is 31.1 Å². The summed E-state index contributed by atoms with van der Waals surface area (Å²) in [7, 11) is 1.85. The highest BCUT2D eigenvalue weighted by atomic mass is 32.1. The third-order valence-corrected chi connectivity index (χ3v) is 4.36. The molecule has 1 unspecified atom stereocenters. The average Bonchev–Trinajstić information content (AvgIpc) is 2.48. The van der Waals surface area contributed by atoms with Crippen molar-refractivity contribution in [2.75, 3.05) is 7.05 Å². The summed E-state index contributed by atoms with van der Waals surface area (Å²) in [6, 6.07) is 6.14.